The summed E-state index contributed by atoms with van der Waals surface area (Å²) in [5.74, 6) is 0.305. The minimum atomic E-state index is -0.452. The van der Waals surface area contributed by atoms with Crippen LogP contribution in [0.5, 0.6) is 5.75 Å². The van der Waals surface area contributed by atoms with E-state index in [4.69, 9.17) is 16.3 Å². The number of carbonyl (C=O) groups excluding carboxylic acids is 1. The number of anilines is 1. The van der Waals surface area contributed by atoms with Crippen LogP contribution >= 0.6 is 27.5 Å². The molecular formula is C29H23BrClN3O2. The molecule has 1 N–H and O–H groups in total. The van der Waals surface area contributed by atoms with Gasteiger partial charge < -0.3 is 14.6 Å². The molecule has 1 aromatic heterocycles. The quantitative estimate of drug-likeness (QED) is 0.187. The molecule has 0 saturated carbocycles. The highest BCUT2D eigenvalue weighted by molar-refractivity contribution is 9.10. The molecule has 7 heteroatoms. The molecule has 1 amide bonds. The number of benzene rings is 3. The summed E-state index contributed by atoms with van der Waals surface area (Å²) in [5.41, 5.74) is 5.36. The van der Waals surface area contributed by atoms with Gasteiger partial charge in [0.1, 0.15) is 24.0 Å². The molecule has 4 rings (SSSR count). The van der Waals surface area contributed by atoms with Crippen LogP contribution in [0.3, 0.4) is 0 Å². The van der Waals surface area contributed by atoms with Crippen molar-refractivity contribution in [1.82, 2.24) is 4.57 Å². The van der Waals surface area contributed by atoms with Crippen molar-refractivity contribution in [3.8, 4) is 17.5 Å². The zero-order valence-corrected chi connectivity index (χ0v) is 22.1. The average Bonchev–Trinajstić information content (AvgIpc) is 3.16. The lowest BCUT2D eigenvalue weighted by Crippen LogP contribution is -2.13. The number of aryl methyl sites for hydroxylation is 1. The SMILES string of the molecule is Cc1cc(/C=C(/C#N)C(=O)Nc2ccc(Br)cc2)c(C)n1-c1ccc(OCc2ccc(Cl)cc2)cc1. The molecule has 0 bridgehead atoms. The van der Waals surface area contributed by atoms with Crippen LogP contribution < -0.4 is 10.1 Å². The highest BCUT2D eigenvalue weighted by atomic mass is 79.9. The Bertz CT molecular complexity index is 1450. The number of rotatable bonds is 7. The van der Waals surface area contributed by atoms with Crippen LogP contribution in [0.2, 0.25) is 5.02 Å². The Morgan fingerprint density at radius 2 is 1.72 bits per heavy atom. The predicted octanol–water partition coefficient (Wildman–Crippen LogP) is 7.63. The Morgan fingerprint density at radius 3 is 2.36 bits per heavy atom. The summed E-state index contributed by atoms with van der Waals surface area (Å²) in [5, 5.41) is 13.1. The number of hydrogen-bond acceptors (Lipinski definition) is 3. The van der Waals surface area contributed by atoms with E-state index in [1.54, 1.807) is 18.2 Å². The minimum absolute atomic E-state index is 0.0316. The smallest absolute Gasteiger partial charge is 0.266 e. The van der Waals surface area contributed by atoms with E-state index in [0.29, 0.717) is 17.3 Å². The number of hydrogen-bond donors (Lipinski definition) is 1. The Labute approximate surface area is 223 Å². The second-order valence-corrected chi connectivity index (χ2v) is 9.55. The largest absolute Gasteiger partial charge is 0.489 e. The molecule has 180 valence electrons. The van der Waals surface area contributed by atoms with E-state index in [9.17, 15) is 10.1 Å². The molecule has 0 saturated heterocycles. The molecule has 0 fully saturated rings. The number of carbonyl (C=O) groups is 1. The Hall–Kier alpha value is -3.79. The third-order valence-corrected chi connectivity index (χ3v) is 6.43. The first kappa shape index (κ1) is 25.3. The number of nitriles is 1. The maximum atomic E-state index is 12.7. The lowest BCUT2D eigenvalue weighted by molar-refractivity contribution is -0.112. The third-order valence-electron chi connectivity index (χ3n) is 5.65. The summed E-state index contributed by atoms with van der Waals surface area (Å²) in [6.45, 7) is 4.40. The molecule has 5 nitrogen and oxygen atoms in total. The van der Waals surface area contributed by atoms with Gasteiger partial charge >= 0.3 is 0 Å². The number of ether oxygens (including phenoxy) is 1. The number of aromatic nitrogens is 1. The van der Waals surface area contributed by atoms with Crippen molar-refractivity contribution in [2.45, 2.75) is 20.5 Å². The van der Waals surface area contributed by atoms with Gasteiger partial charge in [0.2, 0.25) is 0 Å². The fraction of sp³-hybridized carbons (Fsp3) is 0.103. The molecule has 0 spiro atoms. The third kappa shape index (κ3) is 6.06. The van der Waals surface area contributed by atoms with E-state index in [1.165, 1.54) is 0 Å². The van der Waals surface area contributed by atoms with Crippen molar-refractivity contribution in [1.29, 1.82) is 5.26 Å². The first-order valence-corrected chi connectivity index (χ1v) is 12.4. The highest BCUT2D eigenvalue weighted by Crippen LogP contribution is 2.25. The van der Waals surface area contributed by atoms with E-state index >= 15 is 0 Å². The van der Waals surface area contributed by atoms with Crippen molar-refractivity contribution >= 4 is 45.2 Å². The average molecular weight is 561 g/mol. The summed E-state index contributed by atoms with van der Waals surface area (Å²) in [6.07, 6.45) is 1.62. The zero-order valence-electron chi connectivity index (χ0n) is 19.8. The molecule has 0 aliphatic carbocycles. The molecule has 0 aliphatic heterocycles. The van der Waals surface area contributed by atoms with Gasteiger partial charge in [-0.3, -0.25) is 4.79 Å². The lowest BCUT2D eigenvalue weighted by atomic mass is 10.1. The van der Waals surface area contributed by atoms with Gasteiger partial charge in [-0.25, -0.2) is 0 Å². The zero-order chi connectivity index (χ0) is 25.7. The fourth-order valence-electron chi connectivity index (χ4n) is 3.81. The van der Waals surface area contributed by atoms with Crippen molar-refractivity contribution in [2.75, 3.05) is 5.32 Å². The Balaban J connectivity index is 1.50. The number of nitrogens with zero attached hydrogens (tertiary/aromatic N) is 2. The van der Waals surface area contributed by atoms with E-state index in [2.05, 4.69) is 25.8 Å². The maximum Gasteiger partial charge on any atom is 0.266 e. The molecule has 1 heterocycles. The van der Waals surface area contributed by atoms with Crippen LogP contribution in [0.4, 0.5) is 5.69 Å². The van der Waals surface area contributed by atoms with Crippen LogP contribution in [0, 0.1) is 25.2 Å². The first-order chi connectivity index (χ1) is 17.3. The highest BCUT2D eigenvalue weighted by Gasteiger charge is 2.14. The predicted molar refractivity (Wildman–Crippen MR) is 147 cm³/mol. The number of amides is 1. The number of halogens is 2. The topological polar surface area (TPSA) is 67.0 Å². The van der Waals surface area contributed by atoms with Crippen molar-refractivity contribution < 1.29 is 9.53 Å². The molecule has 0 radical (unpaired) electrons. The minimum Gasteiger partial charge on any atom is -0.489 e. The summed E-state index contributed by atoms with van der Waals surface area (Å²) in [7, 11) is 0. The van der Waals surface area contributed by atoms with Crippen LogP contribution in [-0.2, 0) is 11.4 Å². The summed E-state index contributed by atoms with van der Waals surface area (Å²) in [4.78, 5) is 12.7. The Kier molecular flexibility index (Phi) is 7.94. The standard InChI is InChI=1S/C29H23BrClN3O2/c1-19-15-22(16-23(17-32)29(35)33-26-9-5-24(30)6-10-26)20(2)34(19)27-11-13-28(14-12-27)36-18-21-3-7-25(31)8-4-21/h3-16H,18H2,1-2H3,(H,33,35)/b23-16-. The molecule has 0 unspecified atom stereocenters. The van der Waals surface area contributed by atoms with Gasteiger partial charge in [0.25, 0.3) is 5.91 Å². The lowest BCUT2D eigenvalue weighted by Gasteiger charge is -2.12. The van der Waals surface area contributed by atoms with Crippen LogP contribution in [0.15, 0.2) is 88.9 Å². The second-order valence-electron chi connectivity index (χ2n) is 8.20. The van der Waals surface area contributed by atoms with Gasteiger partial charge in [0.15, 0.2) is 0 Å². The second kappa shape index (κ2) is 11.3. The first-order valence-electron chi connectivity index (χ1n) is 11.2. The van der Waals surface area contributed by atoms with Crippen molar-refractivity contribution in [3.05, 3.63) is 116 Å². The van der Waals surface area contributed by atoms with Crippen LogP contribution in [0.1, 0.15) is 22.5 Å². The van der Waals surface area contributed by atoms with E-state index in [-0.39, 0.29) is 5.57 Å². The van der Waals surface area contributed by atoms with Gasteiger partial charge in [-0.05, 0) is 97.8 Å². The molecule has 4 aromatic rings. The van der Waals surface area contributed by atoms with Gasteiger partial charge in [0.05, 0.1) is 0 Å². The van der Waals surface area contributed by atoms with Crippen molar-refractivity contribution in [3.63, 3.8) is 0 Å². The summed E-state index contributed by atoms with van der Waals surface area (Å²) in [6, 6.07) is 26.5. The number of nitrogens with one attached hydrogen (secondary N) is 1. The monoisotopic (exact) mass is 559 g/mol. The molecule has 36 heavy (non-hydrogen) atoms. The Morgan fingerprint density at radius 1 is 1.06 bits per heavy atom. The normalized spacial score (nSPS) is 11.1. The van der Waals surface area contributed by atoms with Gasteiger partial charge in [-0.2, -0.15) is 5.26 Å². The van der Waals surface area contributed by atoms with E-state index in [0.717, 1.165) is 38.4 Å². The fourth-order valence-corrected chi connectivity index (χ4v) is 4.20. The maximum absolute atomic E-state index is 12.7. The van der Waals surface area contributed by atoms with Crippen molar-refractivity contribution in [2.24, 2.45) is 0 Å². The van der Waals surface area contributed by atoms with E-state index in [1.807, 2.05) is 86.6 Å². The van der Waals surface area contributed by atoms with E-state index < -0.39 is 5.91 Å². The van der Waals surface area contributed by atoms with Gasteiger partial charge in [0, 0.05) is 32.3 Å². The molecule has 0 aliphatic rings. The van der Waals surface area contributed by atoms with Crippen LogP contribution in [-0.4, -0.2) is 10.5 Å². The van der Waals surface area contributed by atoms with Gasteiger partial charge in [-0.15, -0.1) is 0 Å². The molecule has 3 aromatic carbocycles. The van der Waals surface area contributed by atoms with Crippen LogP contribution in [0.25, 0.3) is 11.8 Å². The molecular weight excluding hydrogens is 538 g/mol. The summed E-state index contributed by atoms with van der Waals surface area (Å²) < 4.78 is 8.88. The summed E-state index contributed by atoms with van der Waals surface area (Å²) >= 11 is 9.31. The molecule has 0 atom stereocenters. The van der Waals surface area contributed by atoms with Gasteiger partial charge in [-0.1, -0.05) is 39.7 Å².